The first-order chi connectivity index (χ1) is 7.88. The van der Waals surface area contributed by atoms with Crippen molar-refractivity contribution in [2.24, 2.45) is 0 Å². The minimum Gasteiger partial charge on any atom is -0.384 e. The first kappa shape index (κ1) is 12.7. The lowest BCUT2D eigenvalue weighted by Gasteiger charge is -2.20. The SMILES string of the molecule is Cc1ccc(C(C)(O)Cc2nc(C)c(C)s2)s1. The van der Waals surface area contributed by atoms with E-state index in [-0.39, 0.29) is 0 Å². The van der Waals surface area contributed by atoms with Gasteiger partial charge in [0.15, 0.2) is 0 Å². The summed E-state index contributed by atoms with van der Waals surface area (Å²) in [4.78, 5) is 7.97. The quantitative estimate of drug-likeness (QED) is 0.922. The molecule has 2 aromatic heterocycles. The molecule has 1 atom stereocenters. The summed E-state index contributed by atoms with van der Waals surface area (Å²) in [6.45, 7) is 8.01. The highest BCUT2D eigenvalue weighted by molar-refractivity contribution is 7.12. The molecule has 2 rings (SSSR count). The van der Waals surface area contributed by atoms with Crippen molar-refractivity contribution in [3.8, 4) is 0 Å². The number of nitrogens with zero attached hydrogens (tertiary/aromatic N) is 1. The number of rotatable bonds is 3. The maximum absolute atomic E-state index is 10.5. The first-order valence-electron chi connectivity index (χ1n) is 5.61. The summed E-state index contributed by atoms with van der Waals surface area (Å²) in [5.74, 6) is 0. The van der Waals surface area contributed by atoms with E-state index >= 15 is 0 Å². The average Bonchev–Trinajstić information content (AvgIpc) is 2.75. The van der Waals surface area contributed by atoms with E-state index in [1.165, 1.54) is 9.75 Å². The molecule has 2 aromatic rings. The Kier molecular flexibility index (Phi) is 3.39. The monoisotopic (exact) mass is 267 g/mol. The molecule has 0 aromatic carbocycles. The van der Waals surface area contributed by atoms with Gasteiger partial charge in [-0.25, -0.2) is 4.98 Å². The molecule has 0 saturated carbocycles. The van der Waals surface area contributed by atoms with E-state index in [9.17, 15) is 5.11 Å². The Balaban J connectivity index is 2.22. The van der Waals surface area contributed by atoms with E-state index in [1.54, 1.807) is 22.7 Å². The zero-order chi connectivity index (χ0) is 12.6. The van der Waals surface area contributed by atoms with Crippen LogP contribution in [0.5, 0.6) is 0 Å². The standard InChI is InChI=1S/C13H17NOS2/c1-8-5-6-11(16-8)13(4,15)7-12-14-9(2)10(3)17-12/h5-6,15H,7H2,1-4H3. The van der Waals surface area contributed by atoms with Crippen LogP contribution in [0.1, 0.15) is 32.3 Å². The van der Waals surface area contributed by atoms with Crippen LogP contribution in [0.2, 0.25) is 0 Å². The Bertz CT molecular complexity index is 506. The fraction of sp³-hybridized carbons (Fsp3) is 0.462. The molecule has 0 saturated heterocycles. The lowest BCUT2D eigenvalue weighted by molar-refractivity contribution is 0.0614. The molecule has 0 bridgehead atoms. The zero-order valence-corrected chi connectivity index (χ0v) is 12.2. The number of aryl methyl sites for hydroxylation is 3. The van der Waals surface area contributed by atoms with Gasteiger partial charge in [0, 0.05) is 21.1 Å². The largest absolute Gasteiger partial charge is 0.384 e. The zero-order valence-electron chi connectivity index (χ0n) is 10.6. The van der Waals surface area contributed by atoms with Crippen molar-refractivity contribution in [2.45, 2.75) is 39.7 Å². The fourth-order valence-corrected chi connectivity index (χ4v) is 3.71. The molecule has 0 radical (unpaired) electrons. The highest BCUT2D eigenvalue weighted by Gasteiger charge is 2.26. The molecule has 1 N–H and O–H groups in total. The Hall–Kier alpha value is -0.710. The van der Waals surface area contributed by atoms with Crippen molar-refractivity contribution in [2.75, 3.05) is 0 Å². The van der Waals surface area contributed by atoms with Crippen LogP contribution in [-0.4, -0.2) is 10.1 Å². The third kappa shape index (κ3) is 2.76. The maximum atomic E-state index is 10.5. The minimum atomic E-state index is -0.810. The second-order valence-electron chi connectivity index (χ2n) is 4.61. The van der Waals surface area contributed by atoms with Crippen molar-refractivity contribution in [3.63, 3.8) is 0 Å². The molecule has 0 fully saturated rings. The highest BCUT2D eigenvalue weighted by Crippen LogP contribution is 2.32. The Morgan fingerprint density at radius 3 is 2.41 bits per heavy atom. The van der Waals surface area contributed by atoms with Gasteiger partial charge in [-0.2, -0.15) is 0 Å². The van der Waals surface area contributed by atoms with Crippen LogP contribution in [0, 0.1) is 20.8 Å². The van der Waals surface area contributed by atoms with E-state index in [0.717, 1.165) is 15.6 Å². The summed E-state index contributed by atoms with van der Waals surface area (Å²) < 4.78 is 0. The number of hydrogen-bond donors (Lipinski definition) is 1. The van der Waals surface area contributed by atoms with Crippen molar-refractivity contribution >= 4 is 22.7 Å². The van der Waals surface area contributed by atoms with Crippen molar-refractivity contribution in [1.29, 1.82) is 0 Å². The maximum Gasteiger partial charge on any atom is 0.102 e. The van der Waals surface area contributed by atoms with E-state index in [2.05, 4.69) is 18.8 Å². The molecule has 92 valence electrons. The van der Waals surface area contributed by atoms with E-state index in [1.807, 2.05) is 26.0 Å². The summed E-state index contributed by atoms with van der Waals surface area (Å²) >= 11 is 3.33. The number of aromatic nitrogens is 1. The third-order valence-electron chi connectivity index (χ3n) is 2.84. The second kappa shape index (κ2) is 4.52. The van der Waals surface area contributed by atoms with Crippen molar-refractivity contribution in [1.82, 2.24) is 4.98 Å². The van der Waals surface area contributed by atoms with Crippen LogP contribution in [0.15, 0.2) is 12.1 Å². The molecule has 1 unspecified atom stereocenters. The summed E-state index contributed by atoms with van der Waals surface area (Å²) in [5, 5.41) is 11.5. The molecule has 2 nitrogen and oxygen atoms in total. The number of thiazole rings is 1. The normalized spacial score (nSPS) is 14.9. The van der Waals surface area contributed by atoms with Crippen molar-refractivity contribution in [3.05, 3.63) is 37.5 Å². The molecule has 0 spiro atoms. The summed E-state index contributed by atoms with van der Waals surface area (Å²) in [5.41, 5.74) is 0.263. The Labute approximate surface area is 110 Å². The van der Waals surface area contributed by atoms with Crippen LogP contribution in [0.25, 0.3) is 0 Å². The highest BCUT2D eigenvalue weighted by atomic mass is 32.1. The molecule has 2 heterocycles. The minimum absolute atomic E-state index is 0.590. The predicted octanol–water partition coefficient (Wildman–Crippen LogP) is 3.58. The summed E-state index contributed by atoms with van der Waals surface area (Å²) in [7, 11) is 0. The van der Waals surface area contributed by atoms with Gasteiger partial charge in [0.05, 0.1) is 10.7 Å². The van der Waals surface area contributed by atoms with Gasteiger partial charge in [-0.3, -0.25) is 0 Å². The van der Waals surface area contributed by atoms with Gasteiger partial charge in [0.1, 0.15) is 5.60 Å². The third-order valence-corrected chi connectivity index (χ3v) is 5.17. The molecule has 0 amide bonds. The van der Waals surface area contributed by atoms with Crippen LogP contribution in [0.3, 0.4) is 0 Å². The Morgan fingerprint density at radius 2 is 1.94 bits per heavy atom. The molecule has 17 heavy (non-hydrogen) atoms. The molecule has 0 aliphatic rings. The summed E-state index contributed by atoms with van der Waals surface area (Å²) in [6.07, 6.45) is 0.590. The molecule has 0 aliphatic heterocycles. The second-order valence-corrected chi connectivity index (χ2v) is 7.19. The van der Waals surface area contributed by atoms with E-state index < -0.39 is 5.60 Å². The summed E-state index contributed by atoms with van der Waals surface area (Å²) in [6, 6.07) is 4.06. The Morgan fingerprint density at radius 1 is 1.24 bits per heavy atom. The van der Waals surface area contributed by atoms with Gasteiger partial charge >= 0.3 is 0 Å². The topological polar surface area (TPSA) is 33.1 Å². The number of aliphatic hydroxyl groups is 1. The molecule has 4 heteroatoms. The number of hydrogen-bond acceptors (Lipinski definition) is 4. The fourth-order valence-electron chi connectivity index (χ4n) is 1.72. The van der Waals surface area contributed by atoms with Gasteiger partial charge < -0.3 is 5.11 Å². The number of thiophene rings is 1. The smallest absolute Gasteiger partial charge is 0.102 e. The van der Waals surface area contributed by atoms with Gasteiger partial charge in [-0.1, -0.05) is 0 Å². The van der Waals surface area contributed by atoms with Crippen molar-refractivity contribution < 1.29 is 5.11 Å². The lowest BCUT2D eigenvalue weighted by atomic mass is 10.0. The van der Waals surface area contributed by atoms with Crippen LogP contribution in [-0.2, 0) is 12.0 Å². The van der Waals surface area contributed by atoms with Gasteiger partial charge in [0.25, 0.3) is 0 Å². The van der Waals surface area contributed by atoms with E-state index in [4.69, 9.17) is 0 Å². The molecular weight excluding hydrogens is 250 g/mol. The lowest BCUT2D eigenvalue weighted by Crippen LogP contribution is -2.22. The first-order valence-corrected chi connectivity index (χ1v) is 7.24. The van der Waals surface area contributed by atoms with E-state index in [0.29, 0.717) is 6.42 Å². The van der Waals surface area contributed by atoms with Crippen LogP contribution < -0.4 is 0 Å². The van der Waals surface area contributed by atoms with Crippen LogP contribution >= 0.6 is 22.7 Å². The molecule has 0 aliphatic carbocycles. The predicted molar refractivity (Wildman–Crippen MR) is 73.9 cm³/mol. The van der Waals surface area contributed by atoms with Gasteiger partial charge in [-0.15, -0.1) is 22.7 Å². The van der Waals surface area contributed by atoms with Crippen LogP contribution in [0.4, 0.5) is 0 Å². The van der Waals surface area contributed by atoms with Gasteiger partial charge in [-0.05, 0) is 39.8 Å². The molecular formula is C13H17NOS2. The average molecular weight is 267 g/mol. The van der Waals surface area contributed by atoms with Gasteiger partial charge in [0.2, 0.25) is 0 Å².